The molecule has 1 aromatic heterocycles. The summed E-state index contributed by atoms with van der Waals surface area (Å²) in [5.41, 5.74) is 7.26. The molecule has 1 atom stereocenters. The van der Waals surface area contributed by atoms with Gasteiger partial charge >= 0.3 is 0 Å². The van der Waals surface area contributed by atoms with Crippen LogP contribution < -0.4 is 11.1 Å². The van der Waals surface area contributed by atoms with Crippen molar-refractivity contribution in [3.63, 3.8) is 0 Å². The Morgan fingerprint density at radius 3 is 2.75 bits per heavy atom. The van der Waals surface area contributed by atoms with Crippen LogP contribution >= 0.6 is 0 Å². The Balaban J connectivity index is 1.86. The fourth-order valence-electron chi connectivity index (χ4n) is 3.26. The van der Waals surface area contributed by atoms with Gasteiger partial charge in [-0.25, -0.2) is 0 Å². The number of pyridine rings is 1. The molecule has 2 aromatic rings. The first-order valence-corrected chi connectivity index (χ1v) is 7.67. The average Bonchev–Trinajstić information content (AvgIpc) is 2.53. The molecule has 20 heavy (non-hydrogen) atoms. The Labute approximate surface area is 120 Å². The number of benzene rings is 1. The lowest BCUT2D eigenvalue weighted by atomic mass is 9.93. The van der Waals surface area contributed by atoms with E-state index in [9.17, 15) is 0 Å². The highest BCUT2D eigenvalue weighted by atomic mass is 15.0. The molecule has 1 aliphatic carbocycles. The van der Waals surface area contributed by atoms with E-state index in [4.69, 9.17) is 5.73 Å². The number of rotatable bonds is 4. The zero-order chi connectivity index (χ0) is 13.8. The summed E-state index contributed by atoms with van der Waals surface area (Å²) < 4.78 is 0. The molecule has 1 saturated carbocycles. The Hall–Kier alpha value is -1.45. The zero-order valence-corrected chi connectivity index (χ0v) is 11.9. The zero-order valence-electron chi connectivity index (χ0n) is 11.9. The fraction of sp³-hybridized carbons (Fsp3) is 0.471. The third-order valence-corrected chi connectivity index (χ3v) is 4.35. The number of nitrogens with two attached hydrogens (primary N) is 1. The topological polar surface area (TPSA) is 50.9 Å². The quantitative estimate of drug-likeness (QED) is 0.896. The minimum Gasteiger partial charge on any atom is -0.329 e. The van der Waals surface area contributed by atoms with Crippen LogP contribution in [0, 0.1) is 0 Å². The van der Waals surface area contributed by atoms with E-state index in [1.54, 1.807) is 0 Å². The third kappa shape index (κ3) is 2.84. The van der Waals surface area contributed by atoms with E-state index in [2.05, 4.69) is 34.6 Å². The summed E-state index contributed by atoms with van der Waals surface area (Å²) in [5.74, 6) is 0. The first-order chi connectivity index (χ1) is 9.88. The molecule has 0 amide bonds. The largest absolute Gasteiger partial charge is 0.329 e. The summed E-state index contributed by atoms with van der Waals surface area (Å²) in [6, 6.07) is 9.23. The fourth-order valence-corrected chi connectivity index (χ4v) is 3.26. The predicted octanol–water partition coefficient (Wildman–Crippen LogP) is 3.16. The summed E-state index contributed by atoms with van der Waals surface area (Å²) in [4.78, 5) is 4.38. The SMILES string of the molecule is NCC(NC1CCCCC1)c1cncc2ccccc12. The molecule has 0 saturated heterocycles. The highest BCUT2D eigenvalue weighted by Gasteiger charge is 2.19. The molecule has 3 nitrogen and oxygen atoms in total. The Morgan fingerprint density at radius 1 is 1.15 bits per heavy atom. The number of nitrogens with one attached hydrogen (secondary N) is 1. The van der Waals surface area contributed by atoms with Crippen molar-refractivity contribution >= 4 is 10.8 Å². The van der Waals surface area contributed by atoms with E-state index < -0.39 is 0 Å². The van der Waals surface area contributed by atoms with Crippen molar-refractivity contribution in [3.8, 4) is 0 Å². The van der Waals surface area contributed by atoms with Gasteiger partial charge in [0, 0.05) is 36.4 Å². The van der Waals surface area contributed by atoms with Gasteiger partial charge in [-0.15, -0.1) is 0 Å². The monoisotopic (exact) mass is 269 g/mol. The molecule has 1 unspecified atom stereocenters. The number of fused-ring (bicyclic) bond motifs is 1. The van der Waals surface area contributed by atoms with Crippen LogP contribution in [0.3, 0.4) is 0 Å². The van der Waals surface area contributed by atoms with Crippen molar-refractivity contribution in [1.29, 1.82) is 0 Å². The third-order valence-electron chi connectivity index (χ3n) is 4.35. The molecule has 0 bridgehead atoms. The van der Waals surface area contributed by atoms with E-state index >= 15 is 0 Å². The first kappa shape index (κ1) is 13.5. The molecule has 0 spiro atoms. The lowest BCUT2D eigenvalue weighted by Gasteiger charge is -2.28. The molecule has 1 aromatic carbocycles. The van der Waals surface area contributed by atoms with Crippen LogP contribution in [0.15, 0.2) is 36.7 Å². The molecule has 1 aliphatic rings. The summed E-state index contributed by atoms with van der Waals surface area (Å²) >= 11 is 0. The van der Waals surface area contributed by atoms with Gasteiger partial charge in [0.2, 0.25) is 0 Å². The standard InChI is InChI=1S/C17H23N3/c18-10-17(20-14-7-2-1-3-8-14)16-12-19-11-13-6-4-5-9-15(13)16/h4-6,9,11-12,14,17,20H,1-3,7-8,10,18H2. The van der Waals surface area contributed by atoms with Crippen LogP contribution in [0.2, 0.25) is 0 Å². The molecule has 3 rings (SSSR count). The average molecular weight is 269 g/mol. The van der Waals surface area contributed by atoms with E-state index in [0.717, 1.165) is 0 Å². The molecule has 0 aliphatic heterocycles. The van der Waals surface area contributed by atoms with E-state index in [0.29, 0.717) is 12.6 Å². The van der Waals surface area contributed by atoms with Crippen molar-refractivity contribution < 1.29 is 0 Å². The smallest absolute Gasteiger partial charge is 0.0468 e. The molecule has 106 valence electrons. The molecule has 3 N–H and O–H groups in total. The molecule has 0 radical (unpaired) electrons. The van der Waals surface area contributed by atoms with Crippen molar-refractivity contribution in [2.45, 2.75) is 44.2 Å². The first-order valence-electron chi connectivity index (χ1n) is 7.67. The maximum atomic E-state index is 6.02. The van der Waals surface area contributed by atoms with E-state index in [1.807, 2.05) is 12.4 Å². The van der Waals surface area contributed by atoms with Crippen LogP contribution in [-0.4, -0.2) is 17.6 Å². The second-order valence-electron chi connectivity index (χ2n) is 5.74. The molecular formula is C17H23N3. The molecule has 1 heterocycles. The summed E-state index contributed by atoms with van der Waals surface area (Å²) in [5, 5.41) is 6.20. The lowest BCUT2D eigenvalue weighted by Crippen LogP contribution is -2.38. The maximum absolute atomic E-state index is 6.02. The lowest BCUT2D eigenvalue weighted by molar-refractivity contribution is 0.341. The highest BCUT2D eigenvalue weighted by Crippen LogP contribution is 2.25. The van der Waals surface area contributed by atoms with Crippen LogP contribution in [0.1, 0.15) is 43.7 Å². The van der Waals surface area contributed by atoms with Gasteiger partial charge in [0.1, 0.15) is 0 Å². The van der Waals surface area contributed by atoms with E-state index in [-0.39, 0.29) is 6.04 Å². The predicted molar refractivity (Wildman–Crippen MR) is 83.5 cm³/mol. The molecule has 3 heteroatoms. The Morgan fingerprint density at radius 2 is 1.95 bits per heavy atom. The normalized spacial score (nSPS) is 18.2. The van der Waals surface area contributed by atoms with E-state index in [1.165, 1.54) is 48.4 Å². The Bertz CT molecular complexity index is 556. The van der Waals surface area contributed by atoms with Gasteiger partial charge < -0.3 is 11.1 Å². The Kier molecular flexibility index (Phi) is 4.28. The minimum atomic E-state index is 0.205. The summed E-state index contributed by atoms with van der Waals surface area (Å²) in [6.07, 6.45) is 10.5. The van der Waals surface area contributed by atoms with Crippen LogP contribution in [0.4, 0.5) is 0 Å². The maximum Gasteiger partial charge on any atom is 0.0468 e. The van der Waals surface area contributed by atoms with Crippen LogP contribution in [-0.2, 0) is 0 Å². The van der Waals surface area contributed by atoms with Crippen molar-refractivity contribution in [1.82, 2.24) is 10.3 Å². The second-order valence-corrected chi connectivity index (χ2v) is 5.74. The number of nitrogens with zero attached hydrogens (tertiary/aromatic N) is 1. The van der Waals surface area contributed by atoms with Gasteiger partial charge in [0.25, 0.3) is 0 Å². The summed E-state index contributed by atoms with van der Waals surface area (Å²) in [7, 11) is 0. The number of aromatic nitrogens is 1. The van der Waals surface area contributed by atoms with Gasteiger partial charge in [-0.3, -0.25) is 4.98 Å². The van der Waals surface area contributed by atoms with Crippen LogP contribution in [0.25, 0.3) is 10.8 Å². The number of hydrogen-bond donors (Lipinski definition) is 2. The second kappa shape index (κ2) is 6.33. The molecular weight excluding hydrogens is 246 g/mol. The molecule has 1 fully saturated rings. The van der Waals surface area contributed by atoms with Crippen LogP contribution in [0.5, 0.6) is 0 Å². The van der Waals surface area contributed by atoms with Gasteiger partial charge in [-0.05, 0) is 23.8 Å². The highest BCUT2D eigenvalue weighted by molar-refractivity contribution is 5.85. The van der Waals surface area contributed by atoms with Crippen molar-refractivity contribution in [3.05, 3.63) is 42.2 Å². The van der Waals surface area contributed by atoms with Gasteiger partial charge in [0.15, 0.2) is 0 Å². The number of hydrogen-bond acceptors (Lipinski definition) is 3. The van der Waals surface area contributed by atoms with Gasteiger partial charge in [0.05, 0.1) is 0 Å². The van der Waals surface area contributed by atoms with Gasteiger partial charge in [-0.2, -0.15) is 0 Å². The van der Waals surface area contributed by atoms with Gasteiger partial charge in [-0.1, -0.05) is 43.5 Å². The van der Waals surface area contributed by atoms with Crippen molar-refractivity contribution in [2.24, 2.45) is 5.73 Å². The minimum absolute atomic E-state index is 0.205. The summed E-state index contributed by atoms with van der Waals surface area (Å²) in [6.45, 7) is 0.617. The van der Waals surface area contributed by atoms with Crippen molar-refractivity contribution in [2.75, 3.05) is 6.54 Å².